The van der Waals surface area contributed by atoms with Gasteiger partial charge < -0.3 is 19.8 Å². The van der Waals surface area contributed by atoms with Crippen molar-refractivity contribution in [2.75, 3.05) is 26.2 Å². The number of aliphatic carboxylic acids is 3. The van der Waals surface area contributed by atoms with Crippen molar-refractivity contribution in [1.82, 2.24) is 0 Å². The van der Waals surface area contributed by atoms with E-state index in [4.69, 9.17) is 0 Å². The smallest absolute Gasteiger partial charge is 0.306 e. The van der Waals surface area contributed by atoms with Crippen LogP contribution in [0.4, 0.5) is 0 Å². The maximum absolute atomic E-state index is 11.4. The molecule has 210 valence electrons. The lowest BCUT2D eigenvalue weighted by Gasteiger charge is -2.40. The van der Waals surface area contributed by atoms with Crippen molar-refractivity contribution in [2.24, 2.45) is 17.8 Å². The van der Waals surface area contributed by atoms with Crippen molar-refractivity contribution < 1.29 is 34.2 Å². The second-order valence-corrected chi connectivity index (χ2v) is 10.8. The molecule has 0 bridgehead atoms. The lowest BCUT2D eigenvalue weighted by Crippen LogP contribution is -2.52. The van der Waals surface area contributed by atoms with E-state index in [1.165, 1.54) is 38.5 Å². The topological polar surface area (TPSA) is 112 Å². The summed E-state index contributed by atoms with van der Waals surface area (Å²) in [6, 6.07) is 0. The molecule has 7 nitrogen and oxygen atoms in total. The lowest BCUT2D eigenvalue weighted by molar-refractivity contribution is -0.929. The zero-order valence-electron chi connectivity index (χ0n) is 23.4. The normalized spacial score (nSPS) is 15.9. The predicted octanol–water partition coefficient (Wildman–Crippen LogP) is 6.61. The zero-order chi connectivity index (χ0) is 27.4. The summed E-state index contributed by atoms with van der Waals surface area (Å²) in [6.45, 7) is 10.1. The van der Waals surface area contributed by atoms with Gasteiger partial charge in [-0.05, 0) is 32.1 Å². The number of rotatable bonds is 24. The van der Waals surface area contributed by atoms with Gasteiger partial charge in [0.05, 0.1) is 43.9 Å². The van der Waals surface area contributed by atoms with E-state index in [9.17, 15) is 29.7 Å². The molecule has 0 aliphatic heterocycles. The molecule has 3 atom stereocenters. The third-order valence-corrected chi connectivity index (χ3v) is 7.50. The van der Waals surface area contributed by atoms with Gasteiger partial charge in [-0.25, -0.2) is 0 Å². The Morgan fingerprint density at radius 1 is 0.583 bits per heavy atom. The van der Waals surface area contributed by atoms with Crippen LogP contribution in [0.25, 0.3) is 0 Å². The van der Waals surface area contributed by atoms with Crippen LogP contribution in [0.3, 0.4) is 0 Å². The molecule has 0 amide bonds. The van der Waals surface area contributed by atoms with Crippen LogP contribution in [0.5, 0.6) is 0 Å². The number of nitrogens with zero attached hydrogens (tertiary/aromatic N) is 1. The second kappa shape index (κ2) is 20.2. The van der Waals surface area contributed by atoms with Gasteiger partial charge in [0, 0.05) is 19.3 Å². The molecule has 0 fully saturated rings. The minimum Gasteiger partial charge on any atom is -0.481 e. The first-order valence-corrected chi connectivity index (χ1v) is 14.2. The number of carboxylic acids is 3. The van der Waals surface area contributed by atoms with E-state index < -0.39 is 35.7 Å². The lowest BCUT2D eigenvalue weighted by atomic mass is 10.0. The number of carboxylic acid groups (broad SMARTS) is 3. The van der Waals surface area contributed by atoms with Crippen molar-refractivity contribution in [1.29, 1.82) is 0 Å². The first-order valence-electron chi connectivity index (χ1n) is 14.2. The molecule has 0 radical (unpaired) electrons. The summed E-state index contributed by atoms with van der Waals surface area (Å²) >= 11 is 0. The molecule has 7 heteroatoms. The Labute approximate surface area is 219 Å². The first-order chi connectivity index (χ1) is 17.0. The fourth-order valence-electron chi connectivity index (χ4n) is 4.44. The molecule has 0 saturated heterocycles. The van der Waals surface area contributed by atoms with Gasteiger partial charge >= 0.3 is 17.9 Å². The van der Waals surface area contributed by atoms with Crippen molar-refractivity contribution in [3.05, 3.63) is 12.2 Å². The van der Waals surface area contributed by atoms with Crippen LogP contribution in [-0.2, 0) is 14.4 Å². The highest BCUT2D eigenvalue weighted by Gasteiger charge is 2.31. The van der Waals surface area contributed by atoms with E-state index in [-0.39, 0.29) is 0 Å². The molecule has 36 heavy (non-hydrogen) atoms. The summed E-state index contributed by atoms with van der Waals surface area (Å²) in [5, 5.41) is 28.1. The second-order valence-electron chi connectivity index (χ2n) is 10.8. The van der Waals surface area contributed by atoms with Gasteiger partial charge in [0.2, 0.25) is 0 Å². The summed E-state index contributed by atoms with van der Waals surface area (Å²) in [7, 11) is 0. The van der Waals surface area contributed by atoms with Gasteiger partial charge in [-0.15, -0.1) is 0 Å². The maximum atomic E-state index is 11.4. The molecule has 0 aromatic heterocycles. The quantitative estimate of drug-likeness (QED) is 0.0762. The van der Waals surface area contributed by atoms with Gasteiger partial charge in [-0.3, -0.25) is 14.4 Å². The third kappa shape index (κ3) is 16.7. The Kier molecular flexibility index (Phi) is 19.1. The molecule has 3 unspecified atom stereocenters. The number of hydrogen-bond acceptors (Lipinski definition) is 3. The van der Waals surface area contributed by atoms with Crippen LogP contribution in [0.15, 0.2) is 12.2 Å². The number of unbranched alkanes of at least 4 members (excludes halogenated alkanes) is 8. The maximum Gasteiger partial charge on any atom is 0.306 e. The minimum atomic E-state index is -0.827. The predicted molar refractivity (Wildman–Crippen MR) is 145 cm³/mol. The van der Waals surface area contributed by atoms with Gasteiger partial charge in [-0.1, -0.05) is 72.0 Å². The van der Waals surface area contributed by atoms with Gasteiger partial charge in [-0.2, -0.15) is 0 Å². The summed E-state index contributed by atoms with van der Waals surface area (Å²) in [6.07, 6.45) is 17.8. The fraction of sp³-hybridized carbons (Fsp3) is 0.828. The average Bonchev–Trinajstić information content (AvgIpc) is 2.84. The Balaban J connectivity index is 4.93. The van der Waals surface area contributed by atoms with Crippen molar-refractivity contribution >= 4 is 17.9 Å². The molecule has 0 aliphatic rings. The Hall–Kier alpha value is -1.89. The molecule has 0 saturated carbocycles. The van der Waals surface area contributed by atoms with Gasteiger partial charge in [0.25, 0.3) is 0 Å². The molecule has 0 rings (SSSR count). The number of hydrogen-bond donors (Lipinski definition) is 3. The molecule has 0 spiro atoms. The number of carbonyl (C=O) groups is 3. The summed E-state index contributed by atoms with van der Waals surface area (Å²) in [5.74, 6) is -3.92. The highest BCUT2D eigenvalue weighted by Crippen LogP contribution is 2.22. The van der Waals surface area contributed by atoms with E-state index in [1.807, 2.05) is 0 Å². The summed E-state index contributed by atoms with van der Waals surface area (Å²) in [5.41, 5.74) is 0. The summed E-state index contributed by atoms with van der Waals surface area (Å²) < 4.78 is 0.608. The third-order valence-electron chi connectivity index (χ3n) is 7.50. The standard InChI is InChI=1S/C29H53NO6/c1-5-6-7-8-9-10-11-12-13-14-15-16-20-30(21-17-24(2)27(31)32,22-18-25(3)28(33)34)23-19-26(4)29(35)36/h7-8,24-26H,5-6,9-23H2,1-4H3,(H2-,31,32,33,34,35,36)/p+1/b8-7+. The highest BCUT2D eigenvalue weighted by molar-refractivity contribution is 5.70. The molecule has 0 heterocycles. The molecule has 3 N–H and O–H groups in total. The molecule has 0 aromatic carbocycles. The van der Waals surface area contributed by atoms with E-state index in [0.717, 1.165) is 32.2 Å². The Morgan fingerprint density at radius 3 is 1.33 bits per heavy atom. The Morgan fingerprint density at radius 2 is 0.944 bits per heavy atom. The SMILES string of the molecule is CCC/C=C/CCCCCCCCC[N+](CCC(C)C(=O)O)(CCC(C)C(=O)O)CCC(C)C(=O)O. The van der Waals surface area contributed by atoms with E-state index in [0.29, 0.717) is 43.4 Å². The van der Waals surface area contributed by atoms with E-state index in [1.54, 1.807) is 20.8 Å². The fourth-order valence-corrected chi connectivity index (χ4v) is 4.44. The van der Waals surface area contributed by atoms with Crippen LogP contribution < -0.4 is 0 Å². The van der Waals surface area contributed by atoms with E-state index in [2.05, 4.69) is 19.1 Å². The zero-order valence-corrected chi connectivity index (χ0v) is 23.4. The average molecular weight is 513 g/mol. The van der Waals surface area contributed by atoms with Crippen LogP contribution in [-0.4, -0.2) is 63.9 Å². The van der Waals surface area contributed by atoms with Crippen LogP contribution in [0, 0.1) is 17.8 Å². The summed E-state index contributed by atoms with van der Waals surface area (Å²) in [4.78, 5) is 34.3. The Bertz CT molecular complexity index is 588. The minimum absolute atomic E-state index is 0.479. The van der Waals surface area contributed by atoms with Crippen LogP contribution >= 0.6 is 0 Å². The van der Waals surface area contributed by atoms with Crippen LogP contribution in [0.1, 0.15) is 111 Å². The van der Waals surface area contributed by atoms with Crippen molar-refractivity contribution in [3.8, 4) is 0 Å². The van der Waals surface area contributed by atoms with Crippen LogP contribution in [0.2, 0.25) is 0 Å². The highest BCUT2D eigenvalue weighted by atomic mass is 16.4. The number of quaternary nitrogens is 1. The molecule has 0 aromatic rings. The van der Waals surface area contributed by atoms with Crippen molar-refractivity contribution in [3.63, 3.8) is 0 Å². The molecule has 0 aliphatic carbocycles. The monoisotopic (exact) mass is 512 g/mol. The largest absolute Gasteiger partial charge is 0.481 e. The van der Waals surface area contributed by atoms with Gasteiger partial charge in [0.1, 0.15) is 0 Å². The number of allylic oxidation sites excluding steroid dienone is 2. The molecular weight excluding hydrogens is 458 g/mol. The van der Waals surface area contributed by atoms with E-state index >= 15 is 0 Å². The van der Waals surface area contributed by atoms with Gasteiger partial charge in [0.15, 0.2) is 0 Å². The first kappa shape index (κ1) is 34.1. The van der Waals surface area contributed by atoms with Crippen molar-refractivity contribution in [2.45, 2.75) is 111 Å². The molecular formula is C29H54NO6+.